The van der Waals surface area contributed by atoms with E-state index < -0.39 is 10.8 Å². The molecule has 0 aliphatic carbocycles. The summed E-state index contributed by atoms with van der Waals surface area (Å²) in [5.41, 5.74) is 2.12. The van der Waals surface area contributed by atoms with Gasteiger partial charge in [0.2, 0.25) is 0 Å². The molecule has 0 heterocycles. The molecule has 0 amide bonds. The second-order valence-corrected chi connectivity index (χ2v) is 5.50. The van der Waals surface area contributed by atoms with E-state index in [9.17, 15) is 0 Å². The van der Waals surface area contributed by atoms with E-state index in [-0.39, 0.29) is 0 Å². The van der Waals surface area contributed by atoms with Crippen LogP contribution in [0, 0.1) is 29.6 Å². The maximum atomic E-state index is 9.14. The summed E-state index contributed by atoms with van der Waals surface area (Å²) in [5.74, 6) is 0. The van der Waals surface area contributed by atoms with Crippen molar-refractivity contribution in [2.24, 2.45) is 0 Å². The SMILES string of the molecule is Cc1cc(C(C)(C)C#N)ccc1C(C)(C)C#N. The summed E-state index contributed by atoms with van der Waals surface area (Å²) in [4.78, 5) is 0. The molecule has 17 heavy (non-hydrogen) atoms. The van der Waals surface area contributed by atoms with Crippen molar-refractivity contribution in [3.05, 3.63) is 34.9 Å². The third kappa shape index (κ3) is 2.48. The van der Waals surface area contributed by atoms with E-state index in [1.807, 2.05) is 52.8 Å². The Morgan fingerprint density at radius 3 is 1.88 bits per heavy atom. The summed E-state index contributed by atoms with van der Waals surface area (Å²) in [6, 6.07) is 10.5. The number of rotatable bonds is 2. The normalized spacial score (nSPS) is 11.7. The van der Waals surface area contributed by atoms with Crippen molar-refractivity contribution >= 4 is 0 Å². The molecule has 0 atom stereocenters. The number of benzene rings is 1. The molecule has 0 N–H and O–H groups in total. The summed E-state index contributed by atoms with van der Waals surface area (Å²) in [7, 11) is 0. The first kappa shape index (κ1) is 13.3. The lowest BCUT2D eigenvalue weighted by Crippen LogP contribution is -2.18. The van der Waals surface area contributed by atoms with Crippen LogP contribution in [0.15, 0.2) is 18.2 Å². The average molecular weight is 226 g/mol. The van der Waals surface area contributed by atoms with Gasteiger partial charge in [-0.1, -0.05) is 18.2 Å². The number of hydrogen-bond donors (Lipinski definition) is 0. The number of nitriles is 2. The Bertz CT molecular complexity index is 511. The zero-order valence-electron chi connectivity index (χ0n) is 11.1. The summed E-state index contributed by atoms with van der Waals surface area (Å²) in [5, 5.41) is 18.3. The van der Waals surface area contributed by atoms with Crippen LogP contribution in [0.5, 0.6) is 0 Å². The smallest absolute Gasteiger partial charge is 0.0768 e. The largest absolute Gasteiger partial charge is 0.197 e. The molecule has 2 heteroatoms. The minimum absolute atomic E-state index is 0.486. The topological polar surface area (TPSA) is 47.6 Å². The van der Waals surface area contributed by atoms with Crippen LogP contribution in [-0.2, 0) is 10.8 Å². The van der Waals surface area contributed by atoms with Crippen LogP contribution in [-0.4, -0.2) is 0 Å². The zero-order chi connectivity index (χ0) is 13.3. The highest BCUT2D eigenvalue weighted by Gasteiger charge is 2.25. The van der Waals surface area contributed by atoms with Gasteiger partial charge < -0.3 is 0 Å². The molecule has 2 nitrogen and oxygen atoms in total. The van der Waals surface area contributed by atoms with Crippen molar-refractivity contribution in [2.45, 2.75) is 45.4 Å². The van der Waals surface area contributed by atoms with Gasteiger partial charge in [0, 0.05) is 0 Å². The van der Waals surface area contributed by atoms with Crippen LogP contribution in [0.4, 0.5) is 0 Å². The first-order valence-electron chi connectivity index (χ1n) is 5.69. The van der Waals surface area contributed by atoms with Crippen molar-refractivity contribution in [3.63, 3.8) is 0 Å². The summed E-state index contributed by atoms with van der Waals surface area (Å²) in [6.45, 7) is 9.61. The highest BCUT2D eigenvalue weighted by Crippen LogP contribution is 2.30. The molecule has 0 radical (unpaired) electrons. The molecule has 0 aromatic heterocycles. The van der Waals surface area contributed by atoms with E-state index in [1.54, 1.807) is 0 Å². The highest BCUT2D eigenvalue weighted by atomic mass is 14.4. The third-order valence-electron chi connectivity index (χ3n) is 3.18. The van der Waals surface area contributed by atoms with Gasteiger partial charge in [-0.25, -0.2) is 0 Å². The quantitative estimate of drug-likeness (QED) is 0.773. The average Bonchev–Trinajstić information content (AvgIpc) is 2.28. The molecule has 0 saturated carbocycles. The molecule has 1 aromatic rings. The Labute approximate surface area is 104 Å². The third-order valence-corrected chi connectivity index (χ3v) is 3.18. The van der Waals surface area contributed by atoms with Gasteiger partial charge in [-0.2, -0.15) is 10.5 Å². The van der Waals surface area contributed by atoms with Crippen molar-refractivity contribution < 1.29 is 0 Å². The molecule has 0 spiro atoms. The second kappa shape index (κ2) is 4.22. The number of nitrogens with zero attached hydrogens (tertiary/aromatic N) is 2. The van der Waals surface area contributed by atoms with Gasteiger partial charge in [-0.05, 0) is 51.3 Å². The van der Waals surface area contributed by atoms with Crippen LogP contribution in [0.2, 0.25) is 0 Å². The highest BCUT2D eigenvalue weighted by molar-refractivity contribution is 5.43. The second-order valence-electron chi connectivity index (χ2n) is 5.50. The van der Waals surface area contributed by atoms with Gasteiger partial charge >= 0.3 is 0 Å². The zero-order valence-corrected chi connectivity index (χ0v) is 11.1. The molecule has 0 saturated heterocycles. The Balaban J connectivity index is 3.32. The lowest BCUT2D eigenvalue weighted by molar-refractivity contribution is 0.666. The molecule has 0 aliphatic rings. The lowest BCUT2D eigenvalue weighted by Gasteiger charge is -2.22. The predicted octanol–water partition coefficient (Wildman–Crippen LogP) is 3.60. The molecule has 88 valence electrons. The standard InChI is InChI=1S/C15H18N2/c1-11-8-12(14(2,3)9-16)6-7-13(11)15(4,5)10-17/h6-8H,1-5H3. The minimum atomic E-state index is -0.487. The summed E-state index contributed by atoms with van der Waals surface area (Å²) in [6.07, 6.45) is 0. The molecular weight excluding hydrogens is 208 g/mol. The van der Waals surface area contributed by atoms with Crippen LogP contribution in [0.3, 0.4) is 0 Å². The van der Waals surface area contributed by atoms with Gasteiger partial charge in [0.1, 0.15) is 0 Å². The fourth-order valence-corrected chi connectivity index (χ4v) is 1.88. The van der Waals surface area contributed by atoms with Gasteiger partial charge in [-0.15, -0.1) is 0 Å². The summed E-state index contributed by atoms with van der Waals surface area (Å²) < 4.78 is 0. The van der Waals surface area contributed by atoms with Crippen LogP contribution in [0.1, 0.15) is 44.4 Å². The van der Waals surface area contributed by atoms with Gasteiger partial charge in [0.05, 0.1) is 23.0 Å². The van der Waals surface area contributed by atoms with Gasteiger partial charge in [-0.3, -0.25) is 0 Å². The molecule has 0 bridgehead atoms. The lowest BCUT2D eigenvalue weighted by atomic mass is 9.79. The van der Waals surface area contributed by atoms with Gasteiger partial charge in [0.25, 0.3) is 0 Å². The Kier molecular flexibility index (Phi) is 3.30. The Hall–Kier alpha value is -1.80. The monoisotopic (exact) mass is 226 g/mol. The number of aryl methyl sites for hydroxylation is 1. The van der Waals surface area contributed by atoms with Crippen molar-refractivity contribution in [3.8, 4) is 12.1 Å². The fraction of sp³-hybridized carbons (Fsp3) is 0.467. The summed E-state index contributed by atoms with van der Waals surface area (Å²) >= 11 is 0. The van der Waals surface area contributed by atoms with Crippen molar-refractivity contribution in [1.82, 2.24) is 0 Å². The van der Waals surface area contributed by atoms with E-state index in [4.69, 9.17) is 10.5 Å². The van der Waals surface area contributed by atoms with E-state index in [1.165, 1.54) is 0 Å². The molecule has 0 fully saturated rings. The van der Waals surface area contributed by atoms with Crippen molar-refractivity contribution in [2.75, 3.05) is 0 Å². The van der Waals surface area contributed by atoms with Crippen LogP contribution in [0.25, 0.3) is 0 Å². The Morgan fingerprint density at radius 2 is 1.47 bits per heavy atom. The van der Waals surface area contributed by atoms with Crippen LogP contribution >= 0.6 is 0 Å². The van der Waals surface area contributed by atoms with Gasteiger partial charge in [0.15, 0.2) is 0 Å². The van der Waals surface area contributed by atoms with E-state index in [2.05, 4.69) is 12.1 Å². The molecule has 1 aromatic carbocycles. The van der Waals surface area contributed by atoms with Crippen molar-refractivity contribution in [1.29, 1.82) is 10.5 Å². The van der Waals surface area contributed by atoms with E-state index >= 15 is 0 Å². The predicted molar refractivity (Wildman–Crippen MR) is 68.5 cm³/mol. The van der Waals surface area contributed by atoms with Crippen LogP contribution < -0.4 is 0 Å². The Morgan fingerprint density at radius 1 is 0.941 bits per heavy atom. The first-order valence-corrected chi connectivity index (χ1v) is 5.69. The maximum absolute atomic E-state index is 9.14. The molecule has 0 unspecified atom stereocenters. The molecule has 0 aliphatic heterocycles. The van der Waals surface area contributed by atoms with E-state index in [0.717, 1.165) is 16.7 Å². The maximum Gasteiger partial charge on any atom is 0.0768 e. The first-order chi connectivity index (χ1) is 7.74. The number of hydrogen-bond acceptors (Lipinski definition) is 2. The molecular formula is C15H18N2. The molecule has 1 rings (SSSR count). The van der Waals surface area contributed by atoms with E-state index in [0.29, 0.717) is 0 Å². The fourth-order valence-electron chi connectivity index (χ4n) is 1.88. The minimum Gasteiger partial charge on any atom is -0.197 e.